The molecule has 0 atom stereocenters. The van der Waals surface area contributed by atoms with Crippen LogP contribution in [0.4, 0.5) is 8.78 Å². The topological polar surface area (TPSA) is 34.9 Å². The summed E-state index contributed by atoms with van der Waals surface area (Å²) in [6.45, 7) is 3.58. The van der Waals surface area contributed by atoms with Gasteiger partial charge >= 0.3 is 0 Å². The van der Waals surface area contributed by atoms with E-state index in [1.165, 1.54) is 16.9 Å². The van der Waals surface area contributed by atoms with Gasteiger partial charge in [-0.15, -0.1) is 0 Å². The molecule has 100 valence electrons. The maximum atomic E-state index is 13.6. The summed E-state index contributed by atoms with van der Waals surface area (Å²) >= 11 is 5.89. The molecule has 0 amide bonds. The number of halogens is 3. The Morgan fingerprint density at radius 1 is 1.32 bits per heavy atom. The molecule has 0 aliphatic heterocycles. The van der Waals surface area contributed by atoms with Crippen LogP contribution in [0.25, 0.3) is 0 Å². The summed E-state index contributed by atoms with van der Waals surface area (Å²) in [5.41, 5.74) is -0.632. The predicted molar refractivity (Wildman–Crippen MR) is 67.4 cm³/mol. The zero-order valence-electron chi connectivity index (χ0n) is 10.3. The third kappa shape index (κ3) is 2.38. The molecule has 0 saturated carbocycles. The van der Waals surface area contributed by atoms with E-state index in [9.17, 15) is 13.6 Å². The quantitative estimate of drug-likeness (QED) is 0.807. The Bertz CT molecular complexity index is 617. The van der Waals surface area contributed by atoms with E-state index in [4.69, 9.17) is 11.6 Å². The first-order valence-electron chi connectivity index (χ1n) is 5.65. The SMILES string of the molecule is CC(C)n1ncc(Cl)c1C(=O)c1c(F)cccc1F. The molecule has 3 nitrogen and oxygen atoms in total. The number of carbonyl (C=O) groups excluding carboxylic acids is 1. The van der Waals surface area contributed by atoms with Gasteiger partial charge in [-0.3, -0.25) is 9.48 Å². The Kier molecular flexibility index (Phi) is 3.66. The minimum Gasteiger partial charge on any atom is -0.287 e. The summed E-state index contributed by atoms with van der Waals surface area (Å²) in [6, 6.07) is 3.10. The van der Waals surface area contributed by atoms with E-state index < -0.39 is 23.0 Å². The summed E-state index contributed by atoms with van der Waals surface area (Å²) < 4.78 is 28.6. The van der Waals surface area contributed by atoms with Gasteiger partial charge in [-0.25, -0.2) is 8.78 Å². The van der Waals surface area contributed by atoms with Crippen LogP contribution in [0.1, 0.15) is 35.9 Å². The molecule has 1 aromatic heterocycles. The minimum atomic E-state index is -0.919. The highest BCUT2D eigenvalue weighted by Gasteiger charge is 2.25. The second kappa shape index (κ2) is 5.09. The molecule has 1 heterocycles. The number of aromatic nitrogens is 2. The number of hydrogen-bond donors (Lipinski definition) is 0. The van der Waals surface area contributed by atoms with Crippen molar-refractivity contribution in [3.05, 3.63) is 52.3 Å². The Hall–Kier alpha value is -1.75. The fourth-order valence-corrected chi connectivity index (χ4v) is 1.99. The van der Waals surface area contributed by atoms with Crippen LogP contribution >= 0.6 is 11.6 Å². The average Bonchev–Trinajstić information content (AvgIpc) is 2.70. The normalized spacial score (nSPS) is 11.1. The third-order valence-corrected chi connectivity index (χ3v) is 2.92. The van der Waals surface area contributed by atoms with Gasteiger partial charge in [-0.1, -0.05) is 17.7 Å². The molecule has 19 heavy (non-hydrogen) atoms. The molecule has 2 rings (SSSR count). The number of hydrogen-bond acceptors (Lipinski definition) is 2. The van der Waals surface area contributed by atoms with Gasteiger partial charge in [0.2, 0.25) is 5.78 Å². The lowest BCUT2D eigenvalue weighted by atomic mass is 10.1. The summed E-state index contributed by atoms with van der Waals surface area (Å²) in [5.74, 6) is -2.65. The molecule has 0 fully saturated rings. The van der Waals surface area contributed by atoms with Gasteiger partial charge in [0.05, 0.1) is 16.8 Å². The average molecular weight is 285 g/mol. The van der Waals surface area contributed by atoms with Gasteiger partial charge in [0.15, 0.2) is 0 Å². The molecule has 0 aliphatic carbocycles. The maximum Gasteiger partial charge on any atom is 0.218 e. The first-order chi connectivity index (χ1) is 8.93. The van der Waals surface area contributed by atoms with Crippen LogP contribution in [0.5, 0.6) is 0 Å². The molecule has 1 aromatic carbocycles. The summed E-state index contributed by atoms with van der Waals surface area (Å²) in [6.07, 6.45) is 1.29. The Morgan fingerprint density at radius 3 is 2.42 bits per heavy atom. The van der Waals surface area contributed by atoms with E-state index in [2.05, 4.69) is 5.10 Å². The van der Waals surface area contributed by atoms with Crippen LogP contribution < -0.4 is 0 Å². The van der Waals surface area contributed by atoms with Gasteiger partial charge in [0, 0.05) is 6.04 Å². The van der Waals surface area contributed by atoms with Crippen molar-refractivity contribution < 1.29 is 13.6 Å². The van der Waals surface area contributed by atoms with E-state index in [0.29, 0.717) is 0 Å². The second-order valence-corrected chi connectivity index (χ2v) is 4.71. The van der Waals surface area contributed by atoms with E-state index in [-0.39, 0.29) is 16.8 Å². The molecule has 0 N–H and O–H groups in total. The van der Waals surface area contributed by atoms with Gasteiger partial charge in [-0.2, -0.15) is 5.10 Å². The first-order valence-corrected chi connectivity index (χ1v) is 6.03. The molecule has 0 saturated heterocycles. The molecule has 0 spiro atoms. The largest absolute Gasteiger partial charge is 0.287 e. The predicted octanol–water partition coefficient (Wildman–Crippen LogP) is 3.63. The second-order valence-electron chi connectivity index (χ2n) is 4.31. The van der Waals surface area contributed by atoms with Gasteiger partial charge in [-0.05, 0) is 26.0 Å². The number of ketones is 1. The molecule has 0 bridgehead atoms. The highest BCUT2D eigenvalue weighted by Crippen LogP contribution is 2.24. The summed E-state index contributed by atoms with van der Waals surface area (Å²) in [7, 11) is 0. The highest BCUT2D eigenvalue weighted by atomic mass is 35.5. The molecular formula is C13H11ClF2N2O. The van der Waals surface area contributed by atoms with Crippen molar-refractivity contribution in [2.75, 3.05) is 0 Å². The van der Waals surface area contributed by atoms with Crippen molar-refractivity contribution in [3.63, 3.8) is 0 Å². The van der Waals surface area contributed by atoms with Crippen molar-refractivity contribution in [2.24, 2.45) is 0 Å². The smallest absolute Gasteiger partial charge is 0.218 e. The first kappa shape index (κ1) is 13.7. The van der Waals surface area contributed by atoms with Crippen LogP contribution in [0.2, 0.25) is 5.02 Å². The number of carbonyl (C=O) groups is 1. The van der Waals surface area contributed by atoms with Crippen LogP contribution in [-0.4, -0.2) is 15.6 Å². The van der Waals surface area contributed by atoms with Crippen molar-refractivity contribution in [1.82, 2.24) is 9.78 Å². The lowest BCUT2D eigenvalue weighted by Gasteiger charge is -2.11. The molecule has 0 radical (unpaired) electrons. The van der Waals surface area contributed by atoms with E-state index in [0.717, 1.165) is 12.1 Å². The Balaban J connectivity index is 2.60. The standard InChI is InChI=1S/C13H11ClF2N2O/c1-7(2)18-12(8(14)6-17-18)13(19)11-9(15)4-3-5-10(11)16/h3-7H,1-2H3. The number of rotatable bonds is 3. The van der Waals surface area contributed by atoms with E-state index in [1.54, 1.807) is 13.8 Å². The van der Waals surface area contributed by atoms with E-state index >= 15 is 0 Å². The third-order valence-electron chi connectivity index (χ3n) is 2.64. The molecule has 2 aromatic rings. The zero-order chi connectivity index (χ0) is 14.2. The number of benzene rings is 1. The monoisotopic (exact) mass is 284 g/mol. The minimum absolute atomic E-state index is 0.0133. The van der Waals surface area contributed by atoms with E-state index in [1.807, 2.05) is 0 Å². The lowest BCUT2D eigenvalue weighted by molar-refractivity contribution is 0.101. The molecule has 6 heteroatoms. The summed E-state index contributed by atoms with van der Waals surface area (Å²) in [5, 5.41) is 4.01. The van der Waals surface area contributed by atoms with Crippen LogP contribution in [0, 0.1) is 11.6 Å². The molecule has 0 unspecified atom stereocenters. The number of nitrogens with zero attached hydrogens (tertiary/aromatic N) is 2. The lowest BCUT2D eigenvalue weighted by Crippen LogP contribution is -2.16. The Morgan fingerprint density at radius 2 is 1.89 bits per heavy atom. The van der Waals surface area contributed by atoms with Crippen LogP contribution in [0.15, 0.2) is 24.4 Å². The van der Waals surface area contributed by atoms with Gasteiger partial charge in [0.1, 0.15) is 17.3 Å². The fraction of sp³-hybridized carbons (Fsp3) is 0.231. The highest BCUT2D eigenvalue weighted by molar-refractivity contribution is 6.34. The molecule has 0 aliphatic rings. The van der Waals surface area contributed by atoms with Crippen molar-refractivity contribution >= 4 is 17.4 Å². The van der Waals surface area contributed by atoms with Gasteiger partial charge < -0.3 is 0 Å². The zero-order valence-corrected chi connectivity index (χ0v) is 11.1. The van der Waals surface area contributed by atoms with Crippen molar-refractivity contribution in [2.45, 2.75) is 19.9 Å². The van der Waals surface area contributed by atoms with Crippen LogP contribution in [0.3, 0.4) is 0 Å². The van der Waals surface area contributed by atoms with Gasteiger partial charge in [0.25, 0.3) is 0 Å². The van der Waals surface area contributed by atoms with Crippen LogP contribution in [-0.2, 0) is 0 Å². The molecular weight excluding hydrogens is 274 g/mol. The van der Waals surface area contributed by atoms with Crippen molar-refractivity contribution in [3.8, 4) is 0 Å². The Labute approximate surface area is 113 Å². The summed E-state index contributed by atoms with van der Waals surface area (Å²) in [4.78, 5) is 12.3. The maximum absolute atomic E-state index is 13.6. The fourth-order valence-electron chi connectivity index (χ4n) is 1.78. The van der Waals surface area contributed by atoms with Crippen molar-refractivity contribution in [1.29, 1.82) is 0 Å².